The van der Waals surface area contributed by atoms with Crippen LogP contribution in [0, 0.1) is 45.3 Å². The van der Waals surface area contributed by atoms with E-state index in [1.807, 2.05) is 0 Å². The number of hydrogen-bond donors (Lipinski definition) is 2. The van der Waals surface area contributed by atoms with Crippen molar-refractivity contribution in [1.29, 1.82) is 0 Å². The lowest BCUT2D eigenvalue weighted by Crippen LogP contribution is -2.66. The molecule has 1 aliphatic heterocycles. The molecular formula is C30H52O3. The standard InChI is InChI=1S/C30H52O3/c1-25(2)13-9-14-30(8,33-25)19-10-16-29(7)24(19)20(31)18-22-27(5)15-12-23(32)26(3,4)21(27)11-17-28(22,29)6/h19-24,31-32H,9-18H2,1-8H3/t19-,20-,21+,22-,23+,24+,27-,28-,29-,30-/m1/s1. The van der Waals surface area contributed by atoms with Gasteiger partial charge in [0.05, 0.1) is 23.4 Å². The molecule has 5 rings (SSSR count). The molecule has 4 aliphatic carbocycles. The zero-order chi connectivity index (χ0) is 24.2. The lowest BCUT2D eigenvalue weighted by Gasteiger charge is -2.70. The van der Waals surface area contributed by atoms with Gasteiger partial charge in [-0.05, 0) is 130 Å². The minimum absolute atomic E-state index is 0.0375. The van der Waals surface area contributed by atoms with Crippen molar-refractivity contribution < 1.29 is 14.9 Å². The summed E-state index contributed by atoms with van der Waals surface area (Å²) in [5.74, 6) is 1.85. The fraction of sp³-hybridized carbons (Fsp3) is 1.00. The van der Waals surface area contributed by atoms with E-state index < -0.39 is 0 Å². The maximum absolute atomic E-state index is 11.9. The maximum Gasteiger partial charge on any atom is 0.0693 e. The molecule has 33 heavy (non-hydrogen) atoms. The maximum atomic E-state index is 11.9. The summed E-state index contributed by atoms with van der Waals surface area (Å²) in [5.41, 5.74) is 0.392. The third kappa shape index (κ3) is 3.16. The van der Waals surface area contributed by atoms with Crippen molar-refractivity contribution in [2.75, 3.05) is 0 Å². The minimum Gasteiger partial charge on any atom is -0.393 e. The van der Waals surface area contributed by atoms with Crippen molar-refractivity contribution in [3.05, 3.63) is 0 Å². The average molecular weight is 461 g/mol. The molecule has 1 saturated heterocycles. The van der Waals surface area contributed by atoms with E-state index in [0.717, 1.165) is 32.1 Å². The van der Waals surface area contributed by atoms with E-state index in [-0.39, 0.29) is 45.1 Å². The van der Waals surface area contributed by atoms with Crippen molar-refractivity contribution in [3.8, 4) is 0 Å². The third-order valence-corrected chi connectivity index (χ3v) is 13.1. The first kappa shape index (κ1) is 24.6. The van der Waals surface area contributed by atoms with Gasteiger partial charge in [0.15, 0.2) is 0 Å². The Hall–Kier alpha value is -0.120. The summed E-state index contributed by atoms with van der Waals surface area (Å²) < 4.78 is 6.86. The second kappa shape index (κ2) is 7.22. The highest BCUT2D eigenvalue weighted by Crippen LogP contribution is 2.76. The second-order valence-electron chi connectivity index (χ2n) is 15.4. The van der Waals surface area contributed by atoms with Crippen molar-refractivity contribution in [1.82, 2.24) is 0 Å². The highest BCUT2D eigenvalue weighted by atomic mass is 16.5. The first-order valence-electron chi connectivity index (χ1n) is 14.2. The van der Waals surface area contributed by atoms with Gasteiger partial charge in [-0.2, -0.15) is 0 Å². The summed E-state index contributed by atoms with van der Waals surface area (Å²) in [5, 5.41) is 22.8. The van der Waals surface area contributed by atoms with E-state index in [9.17, 15) is 10.2 Å². The van der Waals surface area contributed by atoms with Crippen molar-refractivity contribution in [3.63, 3.8) is 0 Å². The van der Waals surface area contributed by atoms with Crippen LogP contribution in [0.1, 0.15) is 120 Å². The monoisotopic (exact) mass is 460 g/mol. The van der Waals surface area contributed by atoms with Crippen LogP contribution in [-0.2, 0) is 4.74 Å². The van der Waals surface area contributed by atoms with Gasteiger partial charge in [-0.25, -0.2) is 0 Å². The summed E-state index contributed by atoms with van der Waals surface area (Å²) in [6.07, 6.45) is 10.9. The van der Waals surface area contributed by atoms with Crippen LogP contribution in [0.4, 0.5) is 0 Å². The van der Waals surface area contributed by atoms with Crippen LogP contribution < -0.4 is 0 Å². The van der Waals surface area contributed by atoms with Gasteiger partial charge in [-0.1, -0.05) is 34.6 Å². The lowest BCUT2D eigenvalue weighted by molar-refractivity contribution is -0.257. The summed E-state index contributed by atoms with van der Waals surface area (Å²) in [6.45, 7) is 19.2. The molecule has 10 atom stereocenters. The molecule has 5 aliphatic rings. The van der Waals surface area contributed by atoms with Gasteiger partial charge >= 0.3 is 0 Å². The fourth-order valence-electron chi connectivity index (χ4n) is 11.3. The van der Waals surface area contributed by atoms with E-state index in [2.05, 4.69) is 55.4 Å². The molecule has 0 aromatic heterocycles. The third-order valence-electron chi connectivity index (χ3n) is 13.1. The van der Waals surface area contributed by atoms with Crippen LogP contribution in [0.3, 0.4) is 0 Å². The molecule has 5 fully saturated rings. The fourth-order valence-corrected chi connectivity index (χ4v) is 11.3. The Kier molecular flexibility index (Phi) is 5.38. The first-order chi connectivity index (χ1) is 15.1. The van der Waals surface area contributed by atoms with Gasteiger partial charge in [0.25, 0.3) is 0 Å². The summed E-state index contributed by atoms with van der Waals surface area (Å²) in [6, 6.07) is 0. The smallest absolute Gasteiger partial charge is 0.0693 e. The number of aliphatic hydroxyl groups is 2. The predicted octanol–water partition coefficient (Wildman–Crippen LogP) is 6.74. The minimum atomic E-state index is -0.239. The summed E-state index contributed by atoms with van der Waals surface area (Å²) in [4.78, 5) is 0. The molecule has 0 unspecified atom stereocenters. The van der Waals surface area contributed by atoms with Crippen molar-refractivity contribution in [2.24, 2.45) is 45.3 Å². The highest BCUT2D eigenvalue weighted by molar-refractivity contribution is 5.20. The first-order valence-corrected chi connectivity index (χ1v) is 14.2. The number of ether oxygens (including phenoxy) is 1. The molecule has 0 radical (unpaired) electrons. The zero-order valence-corrected chi connectivity index (χ0v) is 22.8. The van der Waals surface area contributed by atoms with E-state index in [4.69, 9.17) is 4.74 Å². The SMILES string of the molecule is CC1(C)CCC[C@](C)([C@@H]2CC[C@]3(C)[C@@H]2[C@H](O)C[C@@H]2[C@]4(C)CC[C@H](O)C(C)(C)[C@@H]4CC[C@]23C)O1. The van der Waals surface area contributed by atoms with Crippen LogP contribution in [0.15, 0.2) is 0 Å². The predicted molar refractivity (Wildman–Crippen MR) is 134 cm³/mol. The Bertz CT molecular complexity index is 789. The molecular weight excluding hydrogens is 408 g/mol. The van der Waals surface area contributed by atoms with E-state index in [0.29, 0.717) is 23.7 Å². The number of aliphatic hydroxyl groups excluding tert-OH is 2. The quantitative estimate of drug-likeness (QED) is 0.455. The molecule has 3 heteroatoms. The molecule has 0 bridgehead atoms. The van der Waals surface area contributed by atoms with Crippen LogP contribution in [0.2, 0.25) is 0 Å². The lowest BCUT2D eigenvalue weighted by atomic mass is 9.35. The van der Waals surface area contributed by atoms with Gasteiger partial charge in [0.1, 0.15) is 0 Å². The Labute approximate surface area is 203 Å². The van der Waals surface area contributed by atoms with E-state index >= 15 is 0 Å². The Balaban J connectivity index is 1.51. The second-order valence-corrected chi connectivity index (χ2v) is 15.4. The molecule has 0 spiro atoms. The zero-order valence-electron chi connectivity index (χ0n) is 22.8. The average Bonchev–Trinajstić information content (AvgIpc) is 3.07. The Morgan fingerprint density at radius 1 is 0.697 bits per heavy atom. The molecule has 0 aromatic rings. The summed E-state index contributed by atoms with van der Waals surface area (Å²) in [7, 11) is 0. The Morgan fingerprint density at radius 2 is 1.36 bits per heavy atom. The molecule has 1 heterocycles. The van der Waals surface area contributed by atoms with Crippen LogP contribution in [-0.4, -0.2) is 33.6 Å². The van der Waals surface area contributed by atoms with E-state index in [1.165, 1.54) is 32.1 Å². The molecule has 4 saturated carbocycles. The van der Waals surface area contributed by atoms with Gasteiger partial charge < -0.3 is 14.9 Å². The Morgan fingerprint density at radius 3 is 2.03 bits per heavy atom. The molecule has 0 amide bonds. The van der Waals surface area contributed by atoms with Gasteiger partial charge in [0.2, 0.25) is 0 Å². The molecule has 190 valence electrons. The van der Waals surface area contributed by atoms with Crippen LogP contribution in [0.5, 0.6) is 0 Å². The van der Waals surface area contributed by atoms with Crippen LogP contribution in [0.25, 0.3) is 0 Å². The van der Waals surface area contributed by atoms with Crippen molar-refractivity contribution >= 4 is 0 Å². The van der Waals surface area contributed by atoms with Crippen LogP contribution >= 0.6 is 0 Å². The molecule has 2 N–H and O–H groups in total. The summed E-state index contributed by atoms with van der Waals surface area (Å²) >= 11 is 0. The topological polar surface area (TPSA) is 49.7 Å². The largest absolute Gasteiger partial charge is 0.393 e. The van der Waals surface area contributed by atoms with E-state index in [1.54, 1.807) is 0 Å². The van der Waals surface area contributed by atoms with Crippen molar-refractivity contribution in [2.45, 2.75) is 143 Å². The normalized spacial score (nSPS) is 57.6. The number of hydrogen-bond acceptors (Lipinski definition) is 3. The molecule has 3 nitrogen and oxygen atoms in total. The van der Waals surface area contributed by atoms with Gasteiger partial charge in [-0.3, -0.25) is 0 Å². The number of fused-ring (bicyclic) bond motifs is 5. The van der Waals surface area contributed by atoms with Gasteiger partial charge in [0, 0.05) is 0 Å². The van der Waals surface area contributed by atoms with Gasteiger partial charge in [-0.15, -0.1) is 0 Å². The number of rotatable bonds is 1. The highest BCUT2D eigenvalue weighted by Gasteiger charge is 2.71. The molecule has 0 aromatic carbocycles.